The number of thiophene rings is 1. The van der Waals surface area contributed by atoms with E-state index in [4.69, 9.17) is 5.73 Å². The van der Waals surface area contributed by atoms with Crippen LogP contribution in [-0.4, -0.2) is 27.8 Å². The maximum Gasteiger partial charge on any atom is 0.410 e. The van der Waals surface area contributed by atoms with Crippen molar-refractivity contribution in [1.29, 1.82) is 0 Å². The molecule has 2 amide bonds. The maximum absolute atomic E-state index is 13.9. The number of aromatic nitrogens is 2. The van der Waals surface area contributed by atoms with Gasteiger partial charge in [0.2, 0.25) is 0 Å². The van der Waals surface area contributed by atoms with Gasteiger partial charge in [-0.05, 0) is 36.8 Å². The fourth-order valence-corrected chi connectivity index (χ4v) is 5.96. The van der Waals surface area contributed by atoms with Crippen molar-refractivity contribution in [1.82, 2.24) is 9.78 Å². The molecule has 2 aromatic heterocycles. The van der Waals surface area contributed by atoms with Crippen LogP contribution in [0.15, 0.2) is 36.4 Å². The zero-order valence-electron chi connectivity index (χ0n) is 18.0. The molecule has 7 nitrogen and oxygen atoms in total. The van der Waals surface area contributed by atoms with Gasteiger partial charge in [-0.3, -0.25) is 9.59 Å². The van der Waals surface area contributed by atoms with E-state index in [9.17, 15) is 22.8 Å². The lowest BCUT2D eigenvalue weighted by Crippen LogP contribution is -2.35. The molecule has 1 aliphatic carbocycles. The first kappa shape index (κ1) is 22.5. The van der Waals surface area contributed by atoms with E-state index in [0.29, 0.717) is 17.0 Å². The molecule has 4 N–H and O–H groups in total. The zero-order chi connectivity index (χ0) is 24.0. The third kappa shape index (κ3) is 4.04. The number of hydrogen-bond acceptors (Lipinski definition) is 5. The van der Waals surface area contributed by atoms with Crippen molar-refractivity contribution in [3.63, 3.8) is 0 Å². The Morgan fingerprint density at radius 3 is 2.62 bits per heavy atom. The van der Waals surface area contributed by atoms with Crippen LogP contribution < -0.4 is 16.4 Å². The number of halogens is 3. The second kappa shape index (κ2) is 8.46. The van der Waals surface area contributed by atoms with Gasteiger partial charge in [0.05, 0.1) is 11.6 Å². The SMILES string of the molecule is NC(=O)c1c(NC(=O)c2cc3n(n2)[C@H](C(F)(F)F)C[C@H](c2ccccc2)N3)sc2c1CCCC2. The molecule has 0 radical (unpaired) electrons. The van der Waals surface area contributed by atoms with Crippen LogP contribution in [0.1, 0.15) is 68.2 Å². The molecule has 3 aromatic rings. The highest BCUT2D eigenvalue weighted by atomic mass is 32.1. The number of fused-ring (bicyclic) bond motifs is 2. The van der Waals surface area contributed by atoms with Crippen molar-refractivity contribution in [2.75, 3.05) is 10.6 Å². The van der Waals surface area contributed by atoms with Crippen LogP contribution >= 0.6 is 11.3 Å². The Morgan fingerprint density at radius 2 is 1.91 bits per heavy atom. The van der Waals surface area contributed by atoms with E-state index in [0.717, 1.165) is 34.4 Å². The lowest BCUT2D eigenvalue weighted by Gasteiger charge is -2.33. The summed E-state index contributed by atoms with van der Waals surface area (Å²) in [6, 6.07) is 7.68. The molecular formula is C23H22F3N5O2S. The van der Waals surface area contributed by atoms with Crippen molar-refractivity contribution < 1.29 is 22.8 Å². The normalized spacial score (nSPS) is 19.6. The van der Waals surface area contributed by atoms with Gasteiger partial charge in [0, 0.05) is 17.4 Å². The Hall–Kier alpha value is -3.34. The van der Waals surface area contributed by atoms with E-state index in [1.165, 1.54) is 17.4 Å². The number of amides is 2. The number of primary amides is 1. The third-order valence-electron chi connectivity index (χ3n) is 6.27. The zero-order valence-corrected chi connectivity index (χ0v) is 18.8. The number of hydrogen-bond donors (Lipinski definition) is 3. The minimum absolute atomic E-state index is 0.105. The van der Waals surface area contributed by atoms with Crippen LogP contribution in [0.5, 0.6) is 0 Å². The number of nitrogens with two attached hydrogens (primary N) is 1. The molecule has 0 fully saturated rings. The molecule has 0 bridgehead atoms. The first-order valence-corrected chi connectivity index (χ1v) is 11.8. The van der Waals surface area contributed by atoms with Crippen LogP contribution in [0.25, 0.3) is 0 Å². The molecule has 34 heavy (non-hydrogen) atoms. The monoisotopic (exact) mass is 489 g/mol. The van der Waals surface area contributed by atoms with Crippen molar-refractivity contribution in [2.45, 2.75) is 50.4 Å². The van der Waals surface area contributed by atoms with Gasteiger partial charge in [0.1, 0.15) is 10.8 Å². The van der Waals surface area contributed by atoms with Crippen molar-refractivity contribution >= 4 is 34.0 Å². The highest BCUT2D eigenvalue weighted by molar-refractivity contribution is 7.17. The second-order valence-electron chi connectivity index (χ2n) is 8.49. The summed E-state index contributed by atoms with van der Waals surface area (Å²) in [4.78, 5) is 26.1. The Bertz CT molecular complexity index is 1250. The van der Waals surface area contributed by atoms with Crippen LogP contribution in [0.2, 0.25) is 0 Å². The van der Waals surface area contributed by atoms with Gasteiger partial charge >= 0.3 is 6.18 Å². The number of carbonyl (C=O) groups excluding carboxylic acids is 2. The van der Waals surface area contributed by atoms with Crippen molar-refractivity contribution in [3.8, 4) is 0 Å². The van der Waals surface area contributed by atoms with Crippen LogP contribution in [-0.2, 0) is 12.8 Å². The lowest BCUT2D eigenvalue weighted by atomic mass is 9.95. The number of aryl methyl sites for hydroxylation is 1. The van der Waals surface area contributed by atoms with Gasteiger partial charge in [-0.25, -0.2) is 4.68 Å². The third-order valence-corrected chi connectivity index (χ3v) is 7.48. The number of alkyl halides is 3. The fraction of sp³-hybridized carbons (Fsp3) is 0.348. The molecule has 1 aromatic carbocycles. The number of nitrogens with one attached hydrogen (secondary N) is 2. The van der Waals surface area contributed by atoms with Gasteiger partial charge in [0.25, 0.3) is 11.8 Å². The second-order valence-corrected chi connectivity index (χ2v) is 9.60. The van der Waals surface area contributed by atoms with Crippen molar-refractivity contribution in [2.24, 2.45) is 5.73 Å². The number of benzene rings is 1. The molecule has 11 heteroatoms. The summed E-state index contributed by atoms with van der Waals surface area (Å²) in [5.74, 6) is -1.22. The molecule has 0 saturated carbocycles. The minimum atomic E-state index is -4.55. The molecular weight excluding hydrogens is 467 g/mol. The Kier molecular flexibility index (Phi) is 5.59. The molecule has 0 unspecified atom stereocenters. The molecule has 0 spiro atoms. The van der Waals surface area contributed by atoms with E-state index in [1.54, 1.807) is 30.3 Å². The smallest absolute Gasteiger partial charge is 0.365 e. The Balaban J connectivity index is 1.46. The van der Waals surface area contributed by atoms with E-state index in [1.807, 2.05) is 0 Å². The predicted molar refractivity (Wildman–Crippen MR) is 122 cm³/mol. The van der Waals surface area contributed by atoms with Crippen molar-refractivity contribution in [3.05, 3.63) is 63.7 Å². The highest BCUT2D eigenvalue weighted by Crippen LogP contribution is 2.44. The molecule has 1 aliphatic heterocycles. The fourth-order valence-electron chi connectivity index (χ4n) is 4.67. The average Bonchev–Trinajstić information content (AvgIpc) is 3.39. The first-order chi connectivity index (χ1) is 16.2. The Morgan fingerprint density at radius 1 is 1.18 bits per heavy atom. The minimum Gasteiger partial charge on any atom is -0.365 e. The average molecular weight is 490 g/mol. The van der Waals surface area contributed by atoms with E-state index in [-0.39, 0.29) is 23.5 Å². The number of rotatable bonds is 4. The summed E-state index contributed by atoms with van der Waals surface area (Å²) in [6.07, 6.45) is -1.38. The summed E-state index contributed by atoms with van der Waals surface area (Å²) in [5, 5.41) is 10.0. The number of anilines is 2. The van der Waals surface area contributed by atoms with E-state index < -0.39 is 30.1 Å². The van der Waals surface area contributed by atoms with Gasteiger partial charge in [0.15, 0.2) is 11.7 Å². The van der Waals surface area contributed by atoms with Gasteiger partial charge in [-0.2, -0.15) is 18.3 Å². The summed E-state index contributed by atoms with van der Waals surface area (Å²) in [6.45, 7) is 0. The standard InChI is InChI=1S/C23H22F3N5O2S/c24-23(25,26)17-10-14(12-6-2-1-3-7-12)28-18-11-15(30-31(17)18)21(33)29-22-19(20(27)32)13-8-4-5-9-16(13)34-22/h1-3,6-7,11,14,17,28H,4-5,8-10H2,(H2,27,32)(H,29,33)/t14-,17+/m1/s1. The molecule has 178 valence electrons. The van der Waals surface area contributed by atoms with Crippen LogP contribution in [0.4, 0.5) is 24.0 Å². The van der Waals surface area contributed by atoms with Crippen LogP contribution in [0.3, 0.4) is 0 Å². The molecule has 2 atom stereocenters. The summed E-state index contributed by atoms with van der Waals surface area (Å²) < 4.78 is 42.5. The first-order valence-electron chi connectivity index (χ1n) is 11.0. The van der Waals surface area contributed by atoms with Gasteiger partial charge < -0.3 is 16.4 Å². The van der Waals surface area contributed by atoms with E-state index >= 15 is 0 Å². The maximum atomic E-state index is 13.9. The topological polar surface area (TPSA) is 102 Å². The molecule has 0 saturated heterocycles. The molecule has 3 heterocycles. The number of carbonyl (C=O) groups is 2. The van der Waals surface area contributed by atoms with Gasteiger partial charge in [-0.1, -0.05) is 30.3 Å². The quantitative estimate of drug-likeness (QED) is 0.488. The highest BCUT2D eigenvalue weighted by Gasteiger charge is 2.46. The summed E-state index contributed by atoms with van der Waals surface area (Å²) in [7, 11) is 0. The number of nitrogens with zero attached hydrogens (tertiary/aromatic N) is 2. The molecule has 2 aliphatic rings. The summed E-state index contributed by atoms with van der Waals surface area (Å²) >= 11 is 1.29. The predicted octanol–water partition coefficient (Wildman–Crippen LogP) is 4.83. The molecule has 5 rings (SSSR count). The van der Waals surface area contributed by atoms with Gasteiger partial charge in [-0.15, -0.1) is 11.3 Å². The largest absolute Gasteiger partial charge is 0.410 e. The lowest BCUT2D eigenvalue weighted by molar-refractivity contribution is -0.173. The van der Waals surface area contributed by atoms with E-state index in [2.05, 4.69) is 15.7 Å². The van der Waals surface area contributed by atoms with Crippen LogP contribution in [0, 0.1) is 0 Å². The summed E-state index contributed by atoms with van der Waals surface area (Å²) in [5.41, 5.74) is 7.25. The Labute approximate surface area is 197 Å².